The van der Waals surface area contributed by atoms with Crippen molar-refractivity contribution in [1.29, 1.82) is 0 Å². The van der Waals surface area contributed by atoms with Crippen LogP contribution in [0.4, 0.5) is 0 Å². The molecule has 1 atom stereocenters. The summed E-state index contributed by atoms with van der Waals surface area (Å²) in [4.78, 5) is 4.55. The van der Waals surface area contributed by atoms with Crippen LogP contribution in [0.1, 0.15) is 54.9 Å². The van der Waals surface area contributed by atoms with Gasteiger partial charge in [-0.25, -0.2) is 4.98 Å². The number of hydrogen-bond donors (Lipinski definition) is 0. The van der Waals surface area contributed by atoms with Crippen LogP contribution in [0.2, 0.25) is 0 Å². The molecule has 0 radical (unpaired) electrons. The van der Waals surface area contributed by atoms with Crippen molar-refractivity contribution in [2.45, 2.75) is 50.7 Å². The smallest absolute Gasteiger partial charge is 0.188 e. The molecule has 0 spiro atoms. The van der Waals surface area contributed by atoms with E-state index < -0.39 is 5.60 Å². The number of oxazole rings is 1. The van der Waals surface area contributed by atoms with E-state index in [1.54, 1.807) is 6.20 Å². The van der Waals surface area contributed by atoms with Gasteiger partial charge < -0.3 is 18.7 Å². The van der Waals surface area contributed by atoms with Crippen LogP contribution >= 0.6 is 0 Å². The Balaban J connectivity index is 1.37. The Kier molecular flexibility index (Phi) is 8.19. The summed E-state index contributed by atoms with van der Waals surface area (Å²) in [5.74, 6) is 1.09. The lowest BCUT2D eigenvalue weighted by atomic mass is 9.73. The fourth-order valence-corrected chi connectivity index (χ4v) is 5.03. The normalized spacial score (nSPS) is 16.9. The van der Waals surface area contributed by atoms with Gasteiger partial charge in [-0.05, 0) is 29.1 Å². The van der Waals surface area contributed by atoms with Gasteiger partial charge in [0.1, 0.15) is 13.1 Å². The van der Waals surface area contributed by atoms with Crippen molar-refractivity contribution in [3.05, 3.63) is 89.6 Å². The van der Waals surface area contributed by atoms with Crippen molar-refractivity contribution >= 4 is 0 Å². The summed E-state index contributed by atoms with van der Waals surface area (Å²) in [5.41, 5.74) is 0.622. The number of rotatable bonds is 11. The highest BCUT2D eigenvalue weighted by Crippen LogP contribution is 2.41. The maximum absolute atomic E-state index is 14.4. The van der Waals surface area contributed by atoms with Crippen molar-refractivity contribution < 1.29 is 18.7 Å². The van der Waals surface area contributed by atoms with Gasteiger partial charge in [-0.3, -0.25) is 0 Å². The molecule has 34 heavy (non-hydrogen) atoms. The summed E-state index contributed by atoms with van der Waals surface area (Å²) < 4.78 is 12.8. The summed E-state index contributed by atoms with van der Waals surface area (Å²) in [6.07, 6.45) is 7.94. The Hall–Kier alpha value is -2.47. The minimum absolute atomic E-state index is 0.00987. The Morgan fingerprint density at radius 1 is 0.971 bits per heavy atom. The third-order valence-corrected chi connectivity index (χ3v) is 7.06. The van der Waals surface area contributed by atoms with Gasteiger partial charge in [0.05, 0.1) is 33.5 Å². The summed E-state index contributed by atoms with van der Waals surface area (Å²) in [5, 5.41) is 14.4. The second-order valence-electron chi connectivity index (χ2n) is 10.2. The molecule has 0 aliphatic heterocycles. The first-order valence-corrected chi connectivity index (χ1v) is 12.6. The molecule has 182 valence electrons. The van der Waals surface area contributed by atoms with Gasteiger partial charge in [-0.1, -0.05) is 92.8 Å². The first-order chi connectivity index (χ1) is 16.5. The van der Waals surface area contributed by atoms with Crippen molar-refractivity contribution in [3.63, 3.8) is 0 Å². The van der Waals surface area contributed by atoms with Crippen LogP contribution in [0.15, 0.2) is 71.3 Å². The van der Waals surface area contributed by atoms with Crippen LogP contribution in [0.25, 0.3) is 0 Å². The Bertz CT molecular complexity index is 996. The number of benzene rings is 2. The molecule has 0 unspecified atom stereocenters. The number of aromatic nitrogens is 1. The summed E-state index contributed by atoms with van der Waals surface area (Å²) in [6.45, 7) is 2.92. The largest absolute Gasteiger partial charge is 0.839 e. The number of quaternary nitrogens is 1. The standard InChI is InChI=1S/C29H38N2O3/c1-31(2,19-21-33-20-18-24-12-6-3-7-13-24)23-27-22-30-28(34-27)29(32,25-14-8-4-9-15-25)26-16-10-5-11-17-26/h3-4,6-9,12-15,22,26H,5,10-11,16-21,23H2,1-2H3/t29-/m0/s1. The van der Waals surface area contributed by atoms with Crippen LogP contribution in [0.3, 0.4) is 0 Å². The number of hydrogen-bond acceptors (Lipinski definition) is 4. The molecule has 4 rings (SSSR count). The average molecular weight is 463 g/mol. The fraction of sp³-hybridized carbons (Fsp3) is 0.483. The molecule has 0 bridgehead atoms. The maximum Gasteiger partial charge on any atom is 0.188 e. The van der Waals surface area contributed by atoms with Crippen LogP contribution < -0.4 is 5.11 Å². The van der Waals surface area contributed by atoms with E-state index in [0.717, 1.165) is 50.0 Å². The maximum atomic E-state index is 14.4. The first kappa shape index (κ1) is 24.6. The first-order valence-electron chi connectivity index (χ1n) is 12.6. The third-order valence-electron chi connectivity index (χ3n) is 7.06. The van der Waals surface area contributed by atoms with E-state index in [4.69, 9.17) is 9.15 Å². The third kappa shape index (κ3) is 6.15. The molecule has 5 heteroatoms. The zero-order valence-corrected chi connectivity index (χ0v) is 20.6. The van der Waals surface area contributed by atoms with E-state index >= 15 is 0 Å². The lowest BCUT2D eigenvalue weighted by Crippen LogP contribution is -2.49. The number of nitrogens with zero attached hydrogens (tertiary/aromatic N) is 2. The van der Waals surface area contributed by atoms with E-state index in [1.165, 1.54) is 12.0 Å². The number of ether oxygens (including phenoxy) is 1. The fourth-order valence-electron chi connectivity index (χ4n) is 5.03. The van der Waals surface area contributed by atoms with Crippen LogP contribution in [-0.2, 0) is 23.3 Å². The summed E-state index contributed by atoms with van der Waals surface area (Å²) in [6, 6.07) is 20.1. The second-order valence-corrected chi connectivity index (χ2v) is 10.2. The monoisotopic (exact) mass is 462 g/mol. The molecule has 1 saturated carbocycles. The minimum atomic E-state index is -1.43. The summed E-state index contributed by atoms with van der Waals surface area (Å²) in [7, 11) is 4.32. The van der Waals surface area contributed by atoms with E-state index in [-0.39, 0.29) is 5.92 Å². The van der Waals surface area contributed by atoms with Gasteiger partial charge in [0.25, 0.3) is 0 Å². The molecule has 1 aliphatic rings. The molecule has 1 fully saturated rings. The Morgan fingerprint density at radius 2 is 1.65 bits per heavy atom. The van der Waals surface area contributed by atoms with Crippen molar-refractivity contribution in [3.8, 4) is 0 Å². The molecule has 0 amide bonds. The van der Waals surface area contributed by atoms with E-state index in [1.807, 2.05) is 36.4 Å². The lowest BCUT2D eigenvalue weighted by molar-refractivity contribution is -0.904. The predicted octanol–water partition coefficient (Wildman–Crippen LogP) is 4.69. The highest BCUT2D eigenvalue weighted by Gasteiger charge is 2.36. The quantitative estimate of drug-likeness (QED) is 0.306. The lowest BCUT2D eigenvalue weighted by Gasteiger charge is -2.46. The predicted molar refractivity (Wildman–Crippen MR) is 132 cm³/mol. The van der Waals surface area contributed by atoms with Crippen molar-refractivity contribution in [1.82, 2.24) is 4.98 Å². The van der Waals surface area contributed by atoms with Gasteiger partial charge in [-0.15, -0.1) is 0 Å². The zero-order chi connectivity index (χ0) is 23.9. The Labute approximate surface area is 204 Å². The van der Waals surface area contributed by atoms with Crippen molar-refractivity contribution in [2.24, 2.45) is 5.92 Å². The van der Waals surface area contributed by atoms with Crippen LogP contribution in [0.5, 0.6) is 0 Å². The van der Waals surface area contributed by atoms with Gasteiger partial charge in [0, 0.05) is 0 Å². The van der Waals surface area contributed by atoms with Gasteiger partial charge in [0.15, 0.2) is 11.7 Å². The van der Waals surface area contributed by atoms with Gasteiger partial charge >= 0.3 is 0 Å². The molecule has 1 aliphatic carbocycles. The zero-order valence-electron chi connectivity index (χ0n) is 20.6. The Morgan fingerprint density at radius 3 is 2.35 bits per heavy atom. The van der Waals surface area contributed by atoms with E-state index in [2.05, 4.69) is 43.3 Å². The molecule has 1 heterocycles. The molecule has 1 aromatic heterocycles. The molecule has 3 aromatic rings. The molecule has 5 nitrogen and oxygen atoms in total. The molecule has 2 aromatic carbocycles. The van der Waals surface area contributed by atoms with Gasteiger partial charge in [-0.2, -0.15) is 0 Å². The molecule has 0 saturated heterocycles. The number of likely N-dealkylation sites (N-methyl/N-ethyl adjacent to an activating group) is 1. The van der Waals surface area contributed by atoms with Crippen LogP contribution in [0, 0.1) is 5.92 Å². The second kappa shape index (κ2) is 11.3. The SMILES string of the molecule is C[N+](C)(CCOCCc1ccccc1)Cc1cnc([C@]([O-])(c2ccccc2)C2CCCCC2)o1. The van der Waals surface area contributed by atoms with Crippen LogP contribution in [-0.4, -0.2) is 43.3 Å². The van der Waals surface area contributed by atoms with E-state index in [9.17, 15) is 5.11 Å². The van der Waals surface area contributed by atoms with Gasteiger partial charge in [0.2, 0.25) is 0 Å². The molecular formula is C29H38N2O3. The average Bonchev–Trinajstić information content (AvgIpc) is 3.33. The topological polar surface area (TPSA) is 58.3 Å². The molecule has 0 N–H and O–H groups in total. The minimum Gasteiger partial charge on any atom is -0.839 e. The highest BCUT2D eigenvalue weighted by atomic mass is 16.5. The molecular weight excluding hydrogens is 424 g/mol. The highest BCUT2D eigenvalue weighted by molar-refractivity contribution is 5.29. The van der Waals surface area contributed by atoms with Crippen molar-refractivity contribution in [2.75, 3.05) is 33.9 Å². The summed E-state index contributed by atoms with van der Waals surface area (Å²) >= 11 is 0. The van der Waals surface area contributed by atoms with E-state index in [0.29, 0.717) is 30.1 Å².